The molecule has 1 nitrogen and oxygen atoms in total. The Bertz CT molecular complexity index is 392. The summed E-state index contributed by atoms with van der Waals surface area (Å²) >= 11 is 6.61. The SMILES string of the molecule is CC(C)c1ccc(C(Cl)CN(C)C2CCCCC2)cc1. The lowest BCUT2D eigenvalue weighted by Crippen LogP contribution is -2.35. The summed E-state index contributed by atoms with van der Waals surface area (Å²) in [5, 5.41) is 0.100. The molecule has 2 heteroatoms. The van der Waals surface area contributed by atoms with Crippen LogP contribution in [0.1, 0.15) is 68.4 Å². The van der Waals surface area contributed by atoms with Crippen LogP contribution < -0.4 is 0 Å². The molecule has 1 atom stereocenters. The average molecular weight is 294 g/mol. The second-order valence-corrected chi connectivity index (χ2v) is 7.05. The molecular weight excluding hydrogens is 266 g/mol. The van der Waals surface area contributed by atoms with Crippen molar-refractivity contribution < 1.29 is 0 Å². The van der Waals surface area contributed by atoms with Crippen LogP contribution >= 0.6 is 11.6 Å². The van der Waals surface area contributed by atoms with Crippen molar-refractivity contribution >= 4 is 11.6 Å². The highest BCUT2D eigenvalue weighted by molar-refractivity contribution is 6.21. The van der Waals surface area contributed by atoms with Crippen LogP contribution in [0.3, 0.4) is 0 Å². The minimum atomic E-state index is 0.100. The van der Waals surface area contributed by atoms with Crippen molar-refractivity contribution in [2.24, 2.45) is 0 Å². The Morgan fingerprint density at radius 3 is 2.15 bits per heavy atom. The summed E-state index contributed by atoms with van der Waals surface area (Å²) < 4.78 is 0. The van der Waals surface area contributed by atoms with E-state index < -0.39 is 0 Å². The molecule has 1 unspecified atom stereocenters. The molecule has 112 valence electrons. The number of benzene rings is 1. The van der Waals surface area contributed by atoms with Crippen molar-refractivity contribution in [3.8, 4) is 0 Å². The molecule has 1 fully saturated rings. The van der Waals surface area contributed by atoms with Crippen molar-refractivity contribution in [1.29, 1.82) is 0 Å². The van der Waals surface area contributed by atoms with Gasteiger partial charge in [-0.1, -0.05) is 57.4 Å². The van der Waals surface area contributed by atoms with E-state index in [9.17, 15) is 0 Å². The van der Waals surface area contributed by atoms with Crippen LogP contribution in [0.2, 0.25) is 0 Å². The summed E-state index contributed by atoms with van der Waals surface area (Å²) in [5.41, 5.74) is 2.64. The van der Waals surface area contributed by atoms with Gasteiger partial charge in [-0.05, 0) is 36.9 Å². The van der Waals surface area contributed by atoms with Gasteiger partial charge in [0.1, 0.15) is 0 Å². The molecule has 1 aromatic carbocycles. The lowest BCUT2D eigenvalue weighted by atomic mass is 9.94. The Hall–Kier alpha value is -0.530. The topological polar surface area (TPSA) is 3.24 Å². The van der Waals surface area contributed by atoms with Crippen LogP contribution in [0.25, 0.3) is 0 Å². The highest BCUT2D eigenvalue weighted by Crippen LogP contribution is 2.27. The molecule has 0 radical (unpaired) electrons. The van der Waals surface area contributed by atoms with Crippen LogP contribution in [-0.2, 0) is 0 Å². The van der Waals surface area contributed by atoms with Gasteiger partial charge in [0, 0.05) is 12.6 Å². The third kappa shape index (κ3) is 4.23. The van der Waals surface area contributed by atoms with Crippen LogP contribution in [0.15, 0.2) is 24.3 Å². The quantitative estimate of drug-likeness (QED) is 0.661. The van der Waals surface area contributed by atoms with Crippen molar-refractivity contribution in [1.82, 2.24) is 4.90 Å². The van der Waals surface area contributed by atoms with Gasteiger partial charge in [-0.2, -0.15) is 0 Å². The Kier molecular flexibility index (Phi) is 5.92. The van der Waals surface area contributed by atoms with Gasteiger partial charge < -0.3 is 4.90 Å². The van der Waals surface area contributed by atoms with E-state index >= 15 is 0 Å². The summed E-state index contributed by atoms with van der Waals surface area (Å²) in [6.45, 7) is 5.40. The van der Waals surface area contributed by atoms with Crippen molar-refractivity contribution in [3.05, 3.63) is 35.4 Å². The maximum Gasteiger partial charge on any atom is 0.0712 e. The van der Waals surface area contributed by atoms with E-state index in [0.717, 1.165) is 12.6 Å². The second-order valence-electron chi connectivity index (χ2n) is 6.52. The number of hydrogen-bond donors (Lipinski definition) is 0. The largest absolute Gasteiger partial charge is 0.302 e. The van der Waals surface area contributed by atoms with Gasteiger partial charge in [0.15, 0.2) is 0 Å². The fourth-order valence-electron chi connectivity index (χ4n) is 3.12. The number of likely N-dealkylation sites (N-methyl/N-ethyl adjacent to an activating group) is 1. The average Bonchev–Trinajstić information content (AvgIpc) is 2.48. The maximum absolute atomic E-state index is 6.61. The molecule has 1 aromatic rings. The van der Waals surface area contributed by atoms with Crippen molar-refractivity contribution in [3.63, 3.8) is 0 Å². The molecule has 2 rings (SSSR count). The van der Waals surface area contributed by atoms with Gasteiger partial charge in [0.25, 0.3) is 0 Å². The zero-order valence-corrected chi connectivity index (χ0v) is 13.9. The third-order valence-corrected chi connectivity index (χ3v) is 5.00. The van der Waals surface area contributed by atoms with Crippen molar-refractivity contribution in [2.75, 3.05) is 13.6 Å². The molecule has 1 saturated carbocycles. The highest BCUT2D eigenvalue weighted by Gasteiger charge is 2.20. The molecule has 0 bridgehead atoms. The lowest BCUT2D eigenvalue weighted by Gasteiger charge is -2.32. The zero-order valence-electron chi connectivity index (χ0n) is 13.1. The first-order valence-corrected chi connectivity index (χ1v) is 8.45. The molecule has 20 heavy (non-hydrogen) atoms. The van der Waals surface area contributed by atoms with Gasteiger partial charge in [0.2, 0.25) is 0 Å². The second kappa shape index (κ2) is 7.47. The molecule has 0 spiro atoms. The van der Waals surface area contributed by atoms with E-state index in [2.05, 4.69) is 50.1 Å². The van der Waals surface area contributed by atoms with Gasteiger partial charge >= 0.3 is 0 Å². The normalized spacial score (nSPS) is 18.7. The summed E-state index contributed by atoms with van der Waals surface area (Å²) in [4.78, 5) is 2.47. The predicted molar refractivity (Wildman–Crippen MR) is 88.6 cm³/mol. The smallest absolute Gasteiger partial charge is 0.0712 e. The summed E-state index contributed by atoms with van der Waals surface area (Å²) in [7, 11) is 2.23. The van der Waals surface area contributed by atoms with Gasteiger partial charge in [0.05, 0.1) is 5.38 Å². The molecule has 0 N–H and O–H groups in total. The fraction of sp³-hybridized carbons (Fsp3) is 0.667. The molecular formula is C18H28ClN. The molecule has 0 aliphatic heterocycles. The first-order chi connectivity index (χ1) is 9.58. The van der Waals surface area contributed by atoms with Crippen LogP contribution in [0, 0.1) is 0 Å². The van der Waals surface area contributed by atoms with E-state index in [-0.39, 0.29) is 5.38 Å². The van der Waals surface area contributed by atoms with Crippen molar-refractivity contribution in [2.45, 2.75) is 63.3 Å². The number of nitrogens with zero attached hydrogens (tertiary/aromatic N) is 1. The van der Waals surface area contributed by atoms with E-state index in [1.165, 1.54) is 43.2 Å². The lowest BCUT2D eigenvalue weighted by molar-refractivity contribution is 0.192. The standard InChI is InChI=1S/C18H28ClN/c1-14(2)15-9-11-16(12-10-15)18(19)13-20(3)17-7-5-4-6-8-17/h9-12,14,17-18H,4-8,13H2,1-3H3. The van der Waals surface area contributed by atoms with Gasteiger partial charge in [-0.15, -0.1) is 11.6 Å². The number of halogens is 1. The Morgan fingerprint density at radius 2 is 1.60 bits per heavy atom. The number of rotatable bonds is 5. The monoisotopic (exact) mass is 293 g/mol. The fourth-order valence-corrected chi connectivity index (χ4v) is 3.48. The first kappa shape index (κ1) is 15.9. The zero-order chi connectivity index (χ0) is 14.5. The summed E-state index contributed by atoms with van der Waals surface area (Å²) in [6, 6.07) is 9.56. The van der Waals surface area contributed by atoms with Crippen LogP contribution in [0.4, 0.5) is 0 Å². The van der Waals surface area contributed by atoms with Crippen LogP contribution in [-0.4, -0.2) is 24.5 Å². The molecule has 0 aromatic heterocycles. The highest BCUT2D eigenvalue weighted by atomic mass is 35.5. The first-order valence-electron chi connectivity index (χ1n) is 8.02. The Balaban J connectivity index is 1.91. The predicted octanol–water partition coefficient (Wildman–Crippen LogP) is 5.35. The minimum absolute atomic E-state index is 0.100. The van der Waals surface area contributed by atoms with E-state index in [4.69, 9.17) is 11.6 Å². The third-order valence-electron chi connectivity index (χ3n) is 4.61. The molecule has 0 heterocycles. The summed E-state index contributed by atoms with van der Waals surface area (Å²) in [5.74, 6) is 0.586. The Morgan fingerprint density at radius 1 is 1.05 bits per heavy atom. The molecule has 1 aliphatic carbocycles. The van der Waals surface area contributed by atoms with Gasteiger partial charge in [-0.3, -0.25) is 0 Å². The summed E-state index contributed by atoms with van der Waals surface area (Å²) in [6.07, 6.45) is 6.85. The minimum Gasteiger partial charge on any atom is -0.302 e. The maximum atomic E-state index is 6.61. The Labute approximate surface area is 129 Å². The van der Waals surface area contributed by atoms with Gasteiger partial charge in [-0.25, -0.2) is 0 Å². The van der Waals surface area contributed by atoms with E-state index in [0.29, 0.717) is 5.92 Å². The molecule has 1 aliphatic rings. The van der Waals surface area contributed by atoms with E-state index in [1.54, 1.807) is 0 Å². The van der Waals surface area contributed by atoms with E-state index in [1.807, 2.05) is 0 Å². The number of hydrogen-bond acceptors (Lipinski definition) is 1. The number of alkyl halides is 1. The molecule has 0 amide bonds. The molecule has 0 saturated heterocycles. The van der Waals surface area contributed by atoms with Crippen LogP contribution in [0.5, 0.6) is 0 Å².